The smallest absolute Gasteiger partial charge is 0.161 e. The van der Waals surface area contributed by atoms with E-state index in [0.717, 1.165) is 66.6 Å². The van der Waals surface area contributed by atoms with Crippen LogP contribution in [0.1, 0.15) is 16.7 Å². The number of nitrogens with zero attached hydrogens (tertiary/aromatic N) is 2. The number of para-hydroxylation sites is 1. The molecule has 0 radical (unpaired) electrons. The molecule has 3 nitrogen and oxygen atoms in total. The summed E-state index contributed by atoms with van der Waals surface area (Å²) in [5.41, 5.74) is 8.46. The summed E-state index contributed by atoms with van der Waals surface area (Å²) in [5.74, 6) is 0.626. The highest BCUT2D eigenvalue weighted by atomic mass is 16.3. The summed E-state index contributed by atoms with van der Waals surface area (Å²) in [7, 11) is 0. The maximum absolute atomic E-state index is 6.59. The molecule has 2 heterocycles. The van der Waals surface area contributed by atoms with Crippen LogP contribution in [0, 0.1) is 0 Å². The van der Waals surface area contributed by atoms with Crippen molar-refractivity contribution in [3.05, 3.63) is 199 Å². The van der Waals surface area contributed by atoms with Crippen LogP contribution in [0.2, 0.25) is 0 Å². The summed E-state index contributed by atoms with van der Waals surface area (Å²) < 4.78 is 6.59. The van der Waals surface area contributed by atoms with E-state index in [-0.39, 0.29) is 0 Å². The monoisotopic (exact) mass is 650 g/mol. The standard InChI is InChI=1S/C48H30N2O/c1-2-14-32(15-3-1)43-22-12-23-44(41-28-35-17-6-7-18-37(35)38-19-8-9-20-39(38)41)50-48(49-43)42-29-36(34-26-25-31-13-4-5-16-33(31)27-34)30-46-47(42)40-21-10-11-24-45(40)51-46/h1-30H/b22-12+,23-12?,43-22?,44-23+,49-43+,49-48?,50-44?,50-48-. The highest BCUT2D eigenvalue weighted by Gasteiger charge is 2.20. The van der Waals surface area contributed by atoms with Crippen molar-refractivity contribution in [3.63, 3.8) is 0 Å². The number of rotatable bonds is 4. The number of fused-ring (bicyclic) bond motifs is 7. The van der Waals surface area contributed by atoms with Gasteiger partial charge in [-0.2, -0.15) is 0 Å². The van der Waals surface area contributed by atoms with E-state index in [1.807, 2.05) is 30.3 Å². The van der Waals surface area contributed by atoms with E-state index in [1.165, 1.54) is 26.9 Å². The van der Waals surface area contributed by atoms with Gasteiger partial charge in [0.05, 0.1) is 11.4 Å². The molecule has 3 heteroatoms. The molecule has 51 heavy (non-hydrogen) atoms. The third-order valence-corrected chi connectivity index (χ3v) is 9.88. The highest BCUT2D eigenvalue weighted by Crippen LogP contribution is 2.39. The Labute approximate surface area is 294 Å². The predicted octanol–water partition coefficient (Wildman–Crippen LogP) is 12.6. The van der Waals surface area contributed by atoms with Gasteiger partial charge in [-0.05, 0) is 85.9 Å². The van der Waals surface area contributed by atoms with Crippen molar-refractivity contribution in [3.8, 4) is 11.1 Å². The minimum Gasteiger partial charge on any atom is -0.456 e. The van der Waals surface area contributed by atoms with Crippen molar-refractivity contribution >= 4 is 71.5 Å². The molecule has 0 spiro atoms. The predicted molar refractivity (Wildman–Crippen MR) is 215 cm³/mol. The number of allylic oxidation sites excluding steroid dienone is 3. The average molecular weight is 651 g/mol. The van der Waals surface area contributed by atoms with Gasteiger partial charge in [0.25, 0.3) is 0 Å². The first kappa shape index (κ1) is 29.1. The highest BCUT2D eigenvalue weighted by molar-refractivity contribution is 6.25. The summed E-state index contributed by atoms with van der Waals surface area (Å²) in [6.07, 6.45) is 6.27. The fourth-order valence-corrected chi connectivity index (χ4v) is 7.43. The van der Waals surface area contributed by atoms with Crippen molar-refractivity contribution in [1.29, 1.82) is 0 Å². The zero-order valence-corrected chi connectivity index (χ0v) is 27.6. The number of benzene rings is 8. The quantitative estimate of drug-likeness (QED) is 0.175. The van der Waals surface area contributed by atoms with E-state index >= 15 is 0 Å². The molecule has 9 aromatic rings. The first-order valence-electron chi connectivity index (χ1n) is 17.2. The zero-order valence-electron chi connectivity index (χ0n) is 27.6. The average Bonchev–Trinajstić information content (AvgIpc) is 3.56. The molecule has 0 bridgehead atoms. The molecular formula is C48H30N2O. The molecule has 0 saturated carbocycles. The van der Waals surface area contributed by atoms with Crippen LogP contribution in [0.5, 0.6) is 0 Å². The molecule has 8 aromatic carbocycles. The summed E-state index contributed by atoms with van der Waals surface area (Å²) >= 11 is 0. The van der Waals surface area contributed by atoms with E-state index in [2.05, 4.69) is 152 Å². The van der Waals surface area contributed by atoms with Gasteiger partial charge in [0.15, 0.2) is 5.84 Å². The van der Waals surface area contributed by atoms with Gasteiger partial charge in [0.1, 0.15) is 11.2 Å². The van der Waals surface area contributed by atoms with Gasteiger partial charge in [0.2, 0.25) is 0 Å². The maximum atomic E-state index is 6.59. The van der Waals surface area contributed by atoms with Crippen molar-refractivity contribution in [2.24, 2.45) is 9.98 Å². The second-order valence-electron chi connectivity index (χ2n) is 13.0. The SMILES string of the molecule is C1=C/C(c2ccccc2)=N\C(c2cc(-c3ccc4ccccc4c3)cc3oc4ccccc4c23)=N/C(c2cc3ccccc3c3ccccc23)=C/1. The summed E-state index contributed by atoms with van der Waals surface area (Å²) in [5, 5.41) is 9.17. The van der Waals surface area contributed by atoms with Crippen molar-refractivity contribution in [2.75, 3.05) is 0 Å². The van der Waals surface area contributed by atoms with Crippen molar-refractivity contribution in [1.82, 2.24) is 0 Å². The van der Waals surface area contributed by atoms with Crippen LogP contribution in [0.25, 0.3) is 71.1 Å². The van der Waals surface area contributed by atoms with E-state index in [1.54, 1.807) is 0 Å². The van der Waals surface area contributed by atoms with Crippen LogP contribution in [-0.2, 0) is 0 Å². The largest absolute Gasteiger partial charge is 0.456 e. The van der Waals surface area contributed by atoms with Gasteiger partial charge in [-0.25, -0.2) is 9.98 Å². The van der Waals surface area contributed by atoms with Gasteiger partial charge in [-0.3, -0.25) is 0 Å². The Morgan fingerprint density at radius 1 is 0.412 bits per heavy atom. The Hall–Kier alpha value is -6.84. The second kappa shape index (κ2) is 11.9. The van der Waals surface area contributed by atoms with Crippen LogP contribution < -0.4 is 0 Å². The number of aliphatic imine (C=N–C) groups is 2. The summed E-state index contributed by atoms with van der Waals surface area (Å²) in [6.45, 7) is 0. The third-order valence-electron chi connectivity index (χ3n) is 9.88. The normalized spacial score (nSPS) is 17.1. The second-order valence-corrected chi connectivity index (χ2v) is 13.0. The van der Waals surface area contributed by atoms with Crippen LogP contribution >= 0.6 is 0 Å². The first-order valence-corrected chi connectivity index (χ1v) is 17.2. The lowest BCUT2D eigenvalue weighted by Gasteiger charge is -2.15. The zero-order chi connectivity index (χ0) is 33.7. The van der Waals surface area contributed by atoms with Gasteiger partial charge < -0.3 is 4.42 Å². The van der Waals surface area contributed by atoms with Crippen LogP contribution in [0.15, 0.2) is 196 Å². The Morgan fingerprint density at radius 2 is 1.12 bits per heavy atom. The van der Waals surface area contributed by atoms with Crippen LogP contribution in [0.4, 0.5) is 0 Å². The lowest BCUT2D eigenvalue weighted by Crippen LogP contribution is -2.07. The fraction of sp³-hybridized carbons (Fsp3) is 0. The lowest BCUT2D eigenvalue weighted by atomic mass is 9.94. The van der Waals surface area contributed by atoms with E-state index < -0.39 is 0 Å². The summed E-state index contributed by atoms with van der Waals surface area (Å²) in [4.78, 5) is 10.9. The van der Waals surface area contributed by atoms with Crippen LogP contribution in [-0.4, -0.2) is 11.5 Å². The lowest BCUT2D eigenvalue weighted by molar-refractivity contribution is 0.669. The molecule has 0 atom stereocenters. The molecule has 0 fully saturated rings. The number of hydrogen-bond acceptors (Lipinski definition) is 3. The molecular weight excluding hydrogens is 621 g/mol. The fourth-order valence-electron chi connectivity index (χ4n) is 7.43. The molecule has 238 valence electrons. The molecule has 0 aliphatic carbocycles. The van der Waals surface area contributed by atoms with Gasteiger partial charge in [0, 0.05) is 27.5 Å². The Balaban J connectivity index is 1.27. The topological polar surface area (TPSA) is 37.9 Å². The Morgan fingerprint density at radius 3 is 1.98 bits per heavy atom. The number of hydrogen-bond donors (Lipinski definition) is 0. The molecule has 0 unspecified atom stereocenters. The third kappa shape index (κ3) is 5.06. The van der Waals surface area contributed by atoms with E-state index in [9.17, 15) is 0 Å². The Bertz CT molecular complexity index is 2960. The Kier molecular flexibility index (Phi) is 6.81. The first-order chi connectivity index (χ1) is 25.3. The number of furan rings is 1. The van der Waals surface area contributed by atoms with E-state index in [0.29, 0.717) is 5.84 Å². The van der Waals surface area contributed by atoms with Gasteiger partial charge in [-0.1, -0.05) is 140 Å². The van der Waals surface area contributed by atoms with Crippen LogP contribution in [0.3, 0.4) is 0 Å². The molecule has 10 rings (SSSR count). The number of amidine groups is 1. The molecule has 1 aliphatic rings. The van der Waals surface area contributed by atoms with E-state index in [4.69, 9.17) is 14.4 Å². The van der Waals surface area contributed by atoms with Gasteiger partial charge in [-0.15, -0.1) is 0 Å². The molecule has 0 saturated heterocycles. The van der Waals surface area contributed by atoms with Crippen molar-refractivity contribution in [2.45, 2.75) is 0 Å². The maximum Gasteiger partial charge on any atom is 0.161 e. The minimum absolute atomic E-state index is 0.626. The van der Waals surface area contributed by atoms with Crippen molar-refractivity contribution < 1.29 is 4.42 Å². The molecule has 1 aliphatic heterocycles. The molecule has 1 aromatic heterocycles. The minimum atomic E-state index is 0.626. The summed E-state index contributed by atoms with van der Waals surface area (Å²) in [6, 6.07) is 57.4. The molecule has 0 N–H and O–H groups in total. The van der Waals surface area contributed by atoms with Gasteiger partial charge >= 0.3 is 0 Å². The molecule has 0 amide bonds.